The predicted molar refractivity (Wildman–Crippen MR) is 64.3 cm³/mol. The highest BCUT2D eigenvalue weighted by molar-refractivity contribution is 5.91. The Morgan fingerprint density at radius 1 is 1.24 bits per heavy atom. The first-order chi connectivity index (χ1) is 8.25. The maximum absolute atomic E-state index is 11.0. The van der Waals surface area contributed by atoms with Crippen LogP contribution in [-0.2, 0) is 6.54 Å². The molecule has 0 bridgehead atoms. The Labute approximate surface area is 98.7 Å². The number of hydrogen-bond acceptors (Lipinski definition) is 4. The summed E-state index contributed by atoms with van der Waals surface area (Å²) in [5.74, 6) is -0.530. The number of rotatable bonds is 4. The van der Waals surface area contributed by atoms with Gasteiger partial charge in [0.2, 0.25) is 0 Å². The van der Waals surface area contributed by atoms with E-state index in [1.807, 2.05) is 12.1 Å². The summed E-state index contributed by atoms with van der Waals surface area (Å²) in [6.45, 7) is 0.657. The van der Waals surface area contributed by atoms with Gasteiger partial charge in [-0.05, 0) is 29.8 Å². The van der Waals surface area contributed by atoms with Crippen molar-refractivity contribution >= 4 is 11.6 Å². The lowest BCUT2D eigenvalue weighted by Crippen LogP contribution is -2.13. The first kappa shape index (κ1) is 11.1. The largest absolute Gasteiger partial charge is 0.381 e. The Bertz CT molecular complexity index is 513. The van der Waals surface area contributed by atoms with Crippen LogP contribution in [0.4, 0.5) is 5.69 Å². The van der Waals surface area contributed by atoms with Crippen molar-refractivity contribution < 1.29 is 4.79 Å². The molecular weight excluding hydrogens is 216 g/mol. The summed E-state index contributed by atoms with van der Waals surface area (Å²) in [5, 5.41) is 3.18. The fourth-order valence-corrected chi connectivity index (χ4v) is 1.38. The van der Waals surface area contributed by atoms with Gasteiger partial charge in [0.05, 0.1) is 0 Å². The van der Waals surface area contributed by atoms with Crippen molar-refractivity contribution in [3.05, 3.63) is 54.1 Å². The molecular formula is C12H12N4O. The van der Waals surface area contributed by atoms with Crippen molar-refractivity contribution in [1.29, 1.82) is 0 Å². The van der Waals surface area contributed by atoms with Gasteiger partial charge in [0.15, 0.2) is 0 Å². The van der Waals surface area contributed by atoms with Gasteiger partial charge >= 0.3 is 0 Å². The lowest BCUT2D eigenvalue weighted by atomic mass is 10.2. The van der Waals surface area contributed by atoms with Crippen LogP contribution in [0.25, 0.3) is 0 Å². The Kier molecular flexibility index (Phi) is 3.30. The summed E-state index contributed by atoms with van der Waals surface area (Å²) >= 11 is 0. The first-order valence-electron chi connectivity index (χ1n) is 5.14. The van der Waals surface area contributed by atoms with Crippen LogP contribution in [-0.4, -0.2) is 15.9 Å². The number of anilines is 1. The van der Waals surface area contributed by atoms with Crippen LogP contribution in [0, 0.1) is 0 Å². The molecule has 2 heterocycles. The maximum Gasteiger partial charge on any atom is 0.267 e. The number of pyridine rings is 2. The summed E-state index contributed by atoms with van der Waals surface area (Å²) in [5.41, 5.74) is 7.33. The van der Waals surface area contributed by atoms with Gasteiger partial charge in [-0.2, -0.15) is 0 Å². The molecule has 2 aromatic heterocycles. The molecule has 2 rings (SSSR count). The number of carbonyl (C=O) groups is 1. The second kappa shape index (κ2) is 5.07. The maximum atomic E-state index is 11.0. The smallest absolute Gasteiger partial charge is 0.267 e. The summed E-state index contributed by atoms with van der Waals surface area (Å²) in [6.07, 6.45) is 5.02. The lowest BCUT2D eigenvalue weighted by Gasteiger charge is -2.06. The van der Waals surface area contributed by atoms with Crippen molar-refractivity contribution in [3.8, 4) is 0 Å². The summed E-state index contributed by atoms with van der Waals surface area (Å²) in [6, 6.07) is 7.25. The van der Waals surface area contributed by atoms with Crippen molar-refractivity contribution in [2.45, 2.75) is 6.54 Å². The van der Waals surface area contributed by atoms with E-state index in [1.54, 1.807) is 30.7 Å². The minimum atomic E-state index is -0.530. The molecule has 0 aliphatic carbocycles. The highest BCUT2D eigenvalue weighted by Gasteiger charge is 2.02. The van der Waals surface area contributed by atoms with E-state index in [9.17, 15) is 4.79 Å². The molecule has 0 aliphatic heterocycles. The van der Waals surface area contributed by atoms with Crippen LogP contribution in [0.1, 0.15) is 16.1 Å². The number of nitrogens with two attached hydrogens (primary N) is 1. The summed E-state index contributed by atoms with van der Waals surface area (Å²) in [7, 11) is 0. The van der Waals surface area contributed by atoms with E-state index in [2.05, 4.69) is 15.3 Å². The zero-order valence-electron chi connectivity index (χ0n) is 9.13. The molecule has 0 unspecified atom stereocenters. The van der Waals surface area contributed by atoms with E-state index in [0.29, 0.717) is 6.54 Å². The van der Waals surface area contributed by atoms with E-state index >= 15 is 0 Å². The fraction of sp³-hybridized carbons (Fsp3) is 0.0833. The van der Waals surface area contributed by atoms with Crippen molar-refractivity contribution in [2.24, 2.45) is 5.73 Å². The molecule has 5 nitrogen and oxygen atoms in total. The van der Waals surface area contributed by atoms with Gasteiger partial charge in [-0.15, -0.1) is 0 Å². The molecule has 5 heteroatoms. The van der Waals surface area contributed by atoms with Crippen molar-refractivity contribution in [3.63, 3.8) is 0 Å². The predicted octanol–water partition coefficient (Wildman–Crippen LogP) is 1.19. The van der Waals surface area contributed by atoms with Crippen LogP contribution in [0.15, 0.2) is 42.9 Å². The second-order valence-corrected chi connectivity index (χ2v) is 3.50. The van der Waals surface area contributed by atoms with Gasteiger partial charge in [0.1, 0.15) is 5.69 Å². The monoisotopic (exact) mass is 228 g/mol. The number of carbonyl (C=O) groups excluding carboxylic acids is 1. The van der Waals surface area contributed by atoms with Crippen molar-refractivity contribution in [1.82, 2.24) is 9.97 Å². The zero-order chi connectivity index (χ0) is 12.1. The minimum Gasteiger partial charge on any atom is -0.381 e. The highest BCUT2D eigenvalue weighted by Crippen LogP contribution is 2.09. The van der Waals surface area contributed by atoms with Crippen LogP contribution < -0.4 is 11.1 Å². The molecule has 2 aromatic rings. The Morgan fingerprint density at radius 3 is 2.71 bits per heavy atom. The van der Waals surface area contributed by atoms with Crippen molar-refractivity contribution in [2.75, 3.05) is 5.32 Å². The molecule has 0 saturated heterocycles. The normalized spacial score (nSPS) is 9.88. The quantitative estimate of drug-likeness (QED) is 0.823. The van der Waals surface area contributed by atoms with E-state index in [-0.39, 0.29) is 5.69 Å². The van der Waals surface area contributed by atoms with E-state index in [0.717, 1.165) is 11.3 Å². The number of primary amides is 1. The average Bonchev–Trinajstić information content (AvgIpc) is 2.38. The molecule has 0 aromatic carbocycles. The molecule has 0 spiro atoms. The zero-order valence-corrected chi connectivity index (χ0v) is 9.13. The molecule has 0 saturated carbocycles. The third kappa shape index (κ3) is 3.01. The summed E-state index contributed by atoms with van der Waals surface area (Å²) < 4.78 is 0. The summed E-state index contributed by atoms with van der Waals surface area (Å²) in [4.78, 5) is 18.8. The first-order valence-corrected chi connectivity index (χ1v) is 5.14. The van der Waals surface area contributed by atoms with Gasteiger partial charge in [-0.3, -0.25) is 14.8 Å². The Morgan fingerprint density at radius 2 is 2.00 bits per heavy atom. The number of nitrogens with one attached hydrogen (secondary N) is 1. The van der Waals surface area contributed by atoms with Crippen LogP contribution in [0.5, 0.6) is 0 Å². The van der Waals surface area contributed by atoms with Gasteiger partial charge in [0.25, 0.3) is 5.91 Å². The van der Waals surface area contributed by atoms with Crippen LogP contribution >= 0.6 is 0 Å². The number of nitrogens with zero attached hydrogens (tertiary/aromatic N) is 2. The van der Waals surface area contributed by atoms with Gasteiger partial charge in [-0.25, -0.2) is 0 Å². The lowest BCUT2D eigenvalue weighted by molar-refractivity contribution is 0.0995. The second-order valence-electron chi connectivity index (χ2n) is 3.50. The fourth-order valence-electron chi connectivity index (χ4n) is 1.38. The Balaban J connectivity index is 2.04. The minimum absolute atomic E-state index is 0.254. The van der Waals surface area contributed by atoms with E-state index < -0.39 is 5.91 Å². The number of aromatic nitrogens is 2. The van der Waals surface area contributed by atoms with Crippen LogP contribution in [0.2, 0.25) is 0 Å². The van der Waals surface area contributed by atoms with E-state index in [1.165, 1.54) is 0 Å². The topological polar surface area (TPSA) is 80.9 Å². The average molecular weight is 228 g/mol. The van der Waals surface area contributed by atoms with Gasteiger partial charge in [0, 0.05) is 30.8 Å². The standard InChI is InChI=1S/C12H12N4O/c13-12(17)11-7-10(3-6-15-11)16-8-9-1-4-14-5-2-9/h1-7H,8H2,(H2,13,17)(H,15,16). The molecule has 0 radical (unpaired) electrons. The number of amides is 1. The van der Waals surface area contributed by atoms with E-state index in [4.69, 9.17) is 5.73 Å². The molecule has 1 amide bonds. The van der Waals surface area contributed by atoms with Gasteiger partial charge in [-0.1, -0.05) is 0 Å². The van der Waals surface area contributed by atoms with Gasteiger partial charge < -0.3 is 11.1 Å². The molecule has 0 aliphatic rings. The third-order valence-corrected chi connectivity index (χ3v) is 2.26. The SMILES string of the molecule is NC(=O)c1cc(NCc2ccncc2)ccn1. The Hall–Kier alpha value is -2.43. The van der Waals surface area contributed by atoms with Crippen LogP contribution in [0.3, 0.4) is 0 Å². The third-order valence-electron chi connectivity index (χ3n) is 2.26. The molecule has 0 fully saturated rings. The molecule has 0 atom stereocenters. The highest BCUT2D eigenvalue weighted by atomic mass is 16.1. The molecule has 17 heavy (non-hydrogen) atoms. The number of hydrogen-bond donors (Lipinski definition) is 2. The molecule has 86 valence electrons. The molecule has 3 N–H and O–H groups in total.